The molecule has 2 aliphatic heterocycles. The summed E-state index contributed by atoms with van der Waals surface area (Å²) in [5.41, 5.74) is 5.95. The molecular formula is C24H31N5O. The number of nitrogens with one attached hydrogen (secondary N) is 1. The maximum Gasteiger partial charge on any atom is 0.158 e. The lowest BCUT2D eigenvalue weighted by molar-refractivity contribution is 0.139. The van der Waals surface area contributed by atoms with Crippen molar-refractivity contribution in [3.8, 4) is 11.3 Å². The van der Waals surface area contributed by atoms with Gasteiger partial charge in [0, 0.05) is 43.5 Å². The SMILES string of the molecule is C=C(OCC)C1CN(c2n[nH]c(-c3ccc(C)cc3)c2C2=CC=NCC2)CCN1C. The summed E-state index contributed by atoms with van der Waals surface area (Å²) >= 11 is 0. The van der Waals surface area contributed by atoms with E-state index in [9.17, 15) is 0 Å². The van der Waals surface area contributed by atoms with Gasteiger partial charge in [0.05, 0.1) is 18.3 Å². The van der Waals surface area contributed by atoms with Gasteiger partial charge in [-0.05, 0) is 39.0 Å². The van der Waals surface area contributed by atoms with Crippen LogP contribution in [0.1, 0.15) is 24.5 Å². The van der Waals surface area contributed by atoms with Crippen molar-refractivity contribution in [2.24, 2.45) is 4.99 Å². The summed E-state index contributed by atoms with van der Waals surface area (Å²) in [6.45, 7) is 12.4. The normalized spacial score (nSPS) is 19.6. The molecule has 4 rings (SSSR count). The number of benzene rings is 1. The molecule has 0 saturated carbocycles. The van der Waals surface area contributed by atoms with Crippen LogP contribution in [-0.4, -0.2) is 67.2 Å². The lowest BCUT2D eigenvalue weighted by atomic mass is 9.96. The monoisotopic (exact) mass is 405 g/mol. The minimum atomic E-state index is 0.146. The second-order valence-corrected chi connectivity index (χ2v) is 8.00. The Morgan fingerprint density at radius 3 is 2.77 bits per heavy atom. The minimum absolute atomic E-state index is 0.146. The van der Waals surface area contributed by atoms with Crippen LogP contribution in [0.2, 0.25) is 0 Å². The van der Waals surface area contributed by atoms with Gasteiger partial charge in [-0.3, -0.25) is 15.0 Å². The maximum atomic E-state index is 5.75. The van der Waals surface area contributed by atoms with Gasteiger partial charge in [-0.25, -0.2) is 0 Å². The van der Waals surface area contributed by atoms with E-state index < -0.39 is 0 Å². The molecule has 2 aromatic rings. The number of aromatic amines is 1. The van der Waals surface area contributed by atoms with Crippen LogP contribution in [0.15, 0.2) is 47.7 Å². The van der Waals surface area contributed by atoms with Crippen molar-refractivity contribution in [2.45, 2.75) is 26.3 Å². The third-order valence-corrected chi connectivity index (χ3v) is 5.95. The van der Waals surface area contributed by atoms with E-state index in [2.05, 4.69) is 70.8 Å². The first-order valence-electron chi connectivity index (χ1n) is 10.7. The van der Waals surface area contributed by atoms with Gasteiger partial charge in [0.1, 0.15) is 5.76 Å². The molecule has 0 radical (unpaired) electrons. The van der Waals surface area contributed by atoms with Crippen LogP contribution < -0.4 is 4.90 Å². The number of ether oxygens (including phenoxy) is 1. The first-order valence-corrected chi connectivity index (χ1v) is 10.7. The molecule has 0 amide bonds. The molecule has 1 aromatic carbocycles. The van der Waals surface area contributed by atoms with Crippen LogP contribution in [0.25, 0.3) is 16.8 Å². The van der Waals surface area contributed by atoms with Crippen LogP contribution in [0.3, 0.4) is 0 Å². The highest BCUT2D eigenvalue weighted by atomic mass is 16.5. The fraction of sp³-hybridized carbons (Fsp3) is 0.417. The molecule has 158 valence electrons. The molecule has 0 aliphatic carbocycles. The van der Waals surface area contributed by atoms with Crippen molar-refractivity contribution in [1.82, 2.24) is 15.1 Å². The average molecular weight is 406 g/mol. The number of rotatable bonds is 6. The van der Waals surface area contributed by atoms with Crippen molar-refractivity contribution in [3.05, 3.63) is 53.8 Å². The number of H-pyrrole nitrogens is 1. The zero-order valence-corrected chi connectivity index (χ0v) is 18.2. The molecular weight excluding hydrogens is 374 g/mol. The van der Waals surface area contributed by atoms with E-state index in [1.807, 2.05) is 13.1 Å². The molecule has 1 N–H and O–H groups in total. The Balaban J connectivity index is 1.72. The lowest BCUT2D eigenvalue weighted by Crippen LogP contribution is -2.52. The number of nitrogens with zero attached hydrogens (tertiary/aromatic N) is 4. The molecule has 2 aliphatic rings. The topological polar surface area (TPSA) is 56.8 Å². The number of aliphatic imine (C=N–C) groups is 1. The largest absolute Gasteiger partial charge is 0.497 e. The second kappa shape index (κ2) is 8.88. The van der Waals surface area contributed by atoms with E-state index >= 15 is 0 Å². The third-order valence-electron chi connectivity index (χ3n) is 5.95. The Bertz CT molecular complexity index is 956. The smallest absolute Gasteiger partial charge is 0.158 e. The summed E-state index contributed by atoms with van der Waals surface area (Å²) in [6, 6.07) is 8.77. The standard InChI is InChI=1S/C24H31N5O/c1-5-30-18(3)21-16-29(15-14-28(21)4)24-22(19-10-12-25-13-11-19)23(26-27-24)20-8-6-17(2)7-9-20/h6-10,12,21H,3,5,11,13-16H2,1-2,4H3,(H,26,27). The summed E-state index contributed by atoms with van der Waals surface area (Å²) in [7, 11) is 2.13. The number of allylic oxidation sites excluding steroid dienone is 1. The Kier molecular flexibility index (Phi) is 6.04. The Labute approximate surface area is 178 Å². The van der Waals surface area contributed by atoms with Crippen molar-refractivity contribution < 1.29 is 4.74 Å². The van der Waals surface area contributed by atoms with Gasteiger partial charge in [0.15, 0.2) is 5.82 Å². The number of anilines is 1. The number of hydrogen-bond acceptors (Lipinski definition) is 5. The zero-order valence-electron chi connectivity index (χ0n) is 18.2. The van der Waals surface area contributed by atoms with Crippen LogP contribution in [0.5, 0.6) is 0 Å². The Morgan fingerprint density at radius 2 is 2.07 bits per heavy atom. The Morgan fingerprint density at radius 1 is 1.27 bits per heavy atom. The van der Waals surface area contributed by atoms with E-state index in [1.165, 1.54) is 16.7 Å². The summed E-state index contributed by atoms with van der Waals surface area (Å²) in [6.07, 6.45) is 4.96. The van der Waals surface area contributed by atoms with Crippen molar-refractivity contribution in [3.63, 3.8) is 0 Å². The molecule has 6 nitrogen and oxygen atoms in total. The average Bonchev–Trinajstić information content (AvgIpc) is 3.20. The molecule has 1 unspecified atom stereocenters. The van der Waals surface area contributed by atoms with E-state index in [1.54, 1.807) is 0 Å². The number of piperazine rings is 1. The highest BCUT2D eigenvalue weighted by molar-refractivity contribution is 5.93. The van der Waals surface area contributed by atoms with Gasteiger partial charge in [-0.15, -0.1) is 0 Å². The van der Waals surface area contributed by atoms with E-state index in [-0.39, 0.29) is 6.04 Å². The number of dihydropyridines is 1. The molecule has 1 fully saturated rings. The number of likely N-dealkylation sites (N-methyl/N-ethyl adjacent to an activating group) is 1. The highest BCUT2D eigenvalue weighted by Crippen LogP contribution is 2.37. The molecule has 0 bridgehead atoms. The van der Waals surface area contributed by atoms with Crippen molar-refractivity contribution in [2.75, 3.05) is 44.7 Å². The predicted octanol–water partition coefficient (Wildman–Crippen LogP) is 3.91. The fourth-order valence-corrected chi connectivity index (χ4v) is 4.18. The van der Waals surface area contributed by atoms with Gasteiger partial charge in [-0.1, -0.05) is 36.4 Å². The quantitative estimate of drug-likeness (QED) is 0.741. The minimum Gasteiger partial charge on any atom is -0.497 e. The summed E-state index contributed by atoms with van der Waals surface area (Å²) in [4.78, 5) is 9.06. The van der Waals surface area contributed by atoms with Gasteiger partial charge < -0.3 is 9.64 Å². The molecule has 3 heterocycles. The predicted molar refractivity (Wildman–Crippen MR) is 124 cm³/mol. The summed E-state index contributed by atoms with van der Waals surface area (Å²) in [5, 5.41) is 8.15. The van der Waals surface area contributed by atoms with Crippen molar-refractivity contribution in [1.29, 1.82) is 0 Å². The molecule has 1 aromatic heterocycles. The first kappa shape index (κ1) is 20.4. The van der Waals surface area contributed by atoms with Gasteiger partial charge >= 0.3 is 0 Å². The second-order valence-electron chi connectivity index (χ2n) is 8.00. The number of aryl methyl sites for hydroxylation is 1. The van der Waals surface area contributed by atoms with Gasteiger partial charge in [0.25, 0.3) is 0 Å². The highest BCUT2D eigenvalue weighted by Gasteiger charge is 2.31. The fourth-order valence-electron chi connectivity index (χ4n) is 4.18. The van der Waals surface area contributed by atoms with Crippen LogP contribution in [0, 0.1) is 6.92 Å². The first-order chi connectivity index (χ1) is 14.6. The summed E-state index contributed by atoms with van der Waals surface area (Å²) < 4.78 is 5.75. The number of hydrogen-bond donors (Lipinski definition) is 1. The lowest BCUT2D eigenvalue weighted by Gasteiger charge is -2.40. The van der Waals surface area contributed by atoms with Crippen LogP contribution in [-0.2, 0) is 4.74 Å². The van der Waals surface area contributed by atoms with Gasteiger partial charge in [-0.2, -0.15) is 5.10 Å². The molecule has 6 heteroatoms. The maximum absolute atomic E-state index is 5.75. The molecule has 30 heavy (non-hydrogen) atoms. The van der Waals surface area contributed by atoms with E-state index in [0.717, 1.165) is 55.4 Å². The van der Waals surface area contributed by atoms with Crippen LogP contribution >= 0.6 is 0 Å². The zero-order chi connectivity index (χ0) is 21.1. The molecule has 1 atom stereocenters. The molecule has 1 saturated heterocycles. The van der Waals surface area contributed by atoms with E-state index in [4.69, 9.17) is 9.84 Å². The van der Waals surface area contributed by atoms with Gasteiger partial charge in [0.2, 0.25) is 0 Å². The third kappa shape index (κ3) is 4.05. The van der Waals surface area contributed by atoms with Crippen LogP contribution in [0.4, 0.5) is 5.82 Å². The number of aromatic nitrogens is 2. The Hall–Kier alpha value is -2.86. The van der Waals surface area contributed by atoms with E-state index in [0.29, 0.717) is 6.61 Å². The van der Waals surface area contributed by atoms with Crippen molar-refractivity contribution >= 4 is 17.6 Å². The molecule has 0 spiro atoms. The summed E-state index contributed by atoms with van der Waals surface area (Å²) in [5.74, 6) is 1.83.